The third-order valence-corrected chi connectivity index (χ3v) is 3.83. The summed E-state index contributed by atoms with van der Waals surface area (Å²) in [6, 6.07) is 12.7. The molecular weight excluding hydrogens is 362 g/mol. The second-order valence-electron chi connectivity index (χ2n) is 7.17. The Labute approximate surface area is 161 Å². The van der Waals surface area contributed by atoms with E-state index >= 15 is 0 Å². The lowest BCUT2D eigenvalue weighted by Crippen LogP contribution is -2.35. The minimum absolute atomic E-state index is 0.136. The van der Waals surface area contributed by atoms with Crippen molar-refractivity contribution < 1.29 is 19.2 Å². The van der Waals surface area contributed by atoms with Crippen molar-refractivity contribution in [1.82, 2.24) is 5.43 Å². The van der Waals surface area contributed by atoms with Crippen molar-refractivity contribution in [3.05, 3.63) is 69.8 Å². The van der Waals surface area contributed by atoms with Crippen LogP contribution in [0.5, 0.6) is 5.75 Å². The number of ether oxygens (including phenoxy) is 1. The second-order valence-corrected chi connectivity index (χ2v) is 7.17. The van der Waals surface area contributed by atoms with Gasteiger partial charge in [-0.05, 0) is 45.0 Å². The molecule has 0 aliphatic carbocycles. The Balaban J connectivity index is 2.04. The van der Waals surface area contributed by atoms with Gasteiger partial charge in [0.2, 0.25) is 0 Å². The van der Waals surface area contributed by atoms with Crippen molar-refractivity contribution >= 4 is 29.3 Å². The maximum atomic E-state index is 12.7. The number of carbonyl (C=O) groups excluding carboxylic acids is 2. The highest BCUT2D eigenvalue weighted by molar-refractivity contribution is 6.31. The molecule has 0 saturated carbocycles. The summed E-state index contributed by atoms with van der Waals surface area (Å²) in [6.45, 7) is 5.49. The van der Waals surface area contributed by atoms with Gasteiger partial charge in [-0.3, -0.25) is 25.1 Å². The molecule has 0 spiro atoms. The van der Waals surface area contributed by atoms with Crippen molar-refractivity contribution in [2.24, 2.45) is 0 Å². The summed E-state index contributed by atoms with van der Waals surface area (Å²) >= 11 is 0. The molecule has 0 bridgehead atoms. The van der Waals surface area contributed by atoms with Crippen LogP contribution in [0.15, 0.2) is 54.1 Å². The summed E-state index contributed by atoms with van der Waals surface area (Å²) < 4.78 is 5.84. The van der Waals surface area contributed by atoms with Crippen LogP contribution in [0.25, 0.3) is 6.08 Å². The third-order valence-electron chi connectivity index (χ3n) is 3.83. The largest absolute Gasteiger partial charge is 0.488 e. The Hall–Kier alpha value is -3.68. The van der Waals surface area contributed by atoms with Gasteiger partial charge in [0.05, 0.1) is 10.6 Å². The summed E-state index contributed by atoms with van der Waals surface area (Å²) in [7, 11) is 0. The number of hydrazine groups is 1. The first-order chi connectivity index (χ1) is 13.2. The third kappa shape index (κ3) is 4.01. The first-order valence-electron chi connectivity index (χ1n) is 8.55. The average molecular weight is 381 g/mol. The number of hydrogen-bond acceptors (Lipinski definition) is 5. The van der Waals surface area contributed by atoms with Crippen LogP contribution in [-0.4, -0.2) is 22.3 Å². The van der Waals surface area contributed by atoms with Crippen molar-refractivity contribution in [2.75, 3.05) is 5.01 Å². The summed E-state index contributed by atoms with van der Waals surface area (Å²) in [6.07, 6.45) is 1.31. The lowest BCUT2D eigenvalue weighted by atomic mass is 10.1. The number of amides is 2. The number of hydrogen-bond donors (Lipinski definition) is 1. The van der Waals surface area contributed by atoms with Gasteiger partial charge in [0.15, 0.2) is 0 Å². The van der Waals surface area contributed by atoms with E-state index in [0.29, 0.717) is 11.4 Å². The highest BCUT2D eigenvalue weighted by atomic mass is 16.6. The van der Waals surface area contributed by atoms with E-state index in [1.54, 1.807) is 30.3 Å². The molecule has 0 aromatic heterocycles. The standard InChI is InChI=1S/C20H19N3O5/c1-20(2,3)28-17-10-9-15(23(26)27)11-13(17)12-16-18(24)21-22(19(16)25)14-7-5-4-6-8-14/h4-12H,1-3H3,(H,21,24). The predicted octanol–water partition coefficient (Wildman–Crippen LogP) is 3.23. The SMILES string of the molecule is CC(C)(C)Oc1ccc([N+](=O)[O-])cc1C=C1C(=O)NN(c2ccccc2)C1=O. The maximum Gasteiger partial charge on any atom is 0.282 e. The van der Waals surface area contributed by atoms with Crippen molar-refractivity contribution in [3.8, 4) is 5.75 Å². The van der Waals surface area contributed by atoms with Crippen LogP contribution in [-0.2, 0) is 9.59 Å². The number of benzene rings is 2. The molecule has 1 aliphatic rings. The molecule has 1 heterocycles. The Morgan fingerprint density at radius 1 is 1.11 bits per heavy atom. The number of nitro groups is 1. The van der Waals surface area contributed by atoms with Gasteiger partial charge < -0.3 is 4.74 Å². The molecule has 3 rings (SSSR count). The summed E-state index contributed by atoms with van der Waals surface area (Å²) in [5.74, 6) is -0.809. The molecule has 8 heteroatoms. The summed E-state index contributed by atoms with van der Waals surface area (Å²) in [5, 5.41) is 12.3. The zero-order chi connectivity index (χ0) is 20.5. The van der Waals surface area contributed by atoms with E-state index in [0.717, 1.165) is 5.01 Å². The summed E-state index contributed by atoms with van der Waals surface area (Å²) in [4.78, 5) is 35.7. The van der Waals surface area contributed by atoms with Crippen LogP contribution in [0.4, 0.5) is 11.4 Å². The van der Waals surface area contributed by atoms with Crippen molar-refractivity contribution in [2.45, 2.75) is 26.4 Å². The van der Waals surface area contributed by atoms with E-state index in [9.17, 15) is 19.7 Å². The molecule has 144 valence electrons. The number of carbonyl (C=O) groups is 2. The van der Waals surface area contributed by atoms with Crippen LogP contribution in [0, 0.1) is 10.1 Å². The highest BCUT2D eigenvalue weighted by Gasteiger charge is 2.34. The molecular formula is C20H19N3O5. The molecule has 28 heavy (non-hydrogen) atoms. The van der Waals surface area contributed by atoms with Gasteiger partial charge in [0.1, 0.15) is 16.9 Å². The van der Waals surface area contributed by atoms with E-state index < -0.39 is 22.3 Å². The number of para-hydroxylation sites is 1. The zero-order valence-electron chi connectivity index (χ0n) is 15.6. The Morgan fingerprint density at radius 2 is 1.79 bits per heavy atom. The summed E-state index contributed by atoms with van der Waals surface area (Å²) in [5.41, 5.74) is 2.41. The van der Waals surface area contributed by atoms with E-state index in [4.69, 9.17) is 4.74 Å². The van der Waals surface area contributed by atoms with Gasteiger partial charge in [0, 0.05) is 17.7 Å². The number of anilines is 1. The van der Waals surface area contributed by atoms with Crippen LogP contribution in [0.2, 0.25) is 0 Å². The van der Waals surface area contributed by atoms with Crippen LogP contribution in [0.3, 0.4) is 0 Å². The van der Waals surface area contributed by atoms with E-state index in [-0.39, 0.29) is 16.8 Å². The van der Waals surface area contributed by atoms with Crippen molar-refractivity contribution in [1.29, 1.82) is 0 Å². The molecule has 1 N–H and O–H groups in total. The first-order valence-corrected chi connectivity index (χ1v) is 8.55. The lowest BCUT2D eigenvalue weighted by Gasteiger charge is -2.22. The zero-order valence-corrected chi connectivity index (χ0v) is 15.6. The Morgan fingerprint density at radius 3 is 2.39 bits per heavy atom. The number of nitrogens with zero attached hydrogens (tertiary/aromatic N) is 2. The molecule has 0 radical (unpaired) electrons. The second kappa shape index (κ2) is 7.15. The molecule has 0 atom stereocenters. The number of non-ortho nitro benzene ring substituents is 1. The van der Waals surface area contributed by atoms with E-state index in [1.165, 1.54) is 24.3 Å². The lowest BCUT2D eigenvalue weighted by molar-refractivity contribution is -0.384. The topological polar surface area (TPSA) is 102 Å². The molecule has 2 aromatic carbocycles. The molecule has 0 unspecified atom stereocenters. The first kappa shape index (κ1) is 19.1. The fourth-order valence-corrected chi connectivity index (χ4v) is 2.66. The monoisotopic (exact) mass is 381 g/mol. The minimum Gasteiger partial charge on any atom is -0.488 e. The molecule has 1 fully saturated rings. The fourth-order valence-electron chi connectivity index (χ4n) is 2.66. The quantitative estimate of drug-likeness (QED) is 0.379. The predicted molar refractivity (Wildman–Crippen MR) is 104 cm³/mol. The number of nitro benzene ring substituents is 1. The van der Waals surface area contributed by atoms with Gasteiger partial charge in [-0.15, -0.1) is 0 Å². The van der Waals surface area contributed by atoms with Crippen molar-refractivity contribution in [3.63, 3.8) is 0 Å². The molecule has 8 nitrogen and oxygen atoms in total. The smallest absolute Gasteiger partial charge is 0.282 e. The van der Waals surface area contributed by atoms with E-state index in [1.807, 2.05) is 20.8 Å². The van der Waals surface area contributed by atoms with Crippen LogP contribution in [0.1, 0.15) is 26.3 Å². The van der Waals surface area contributed by atoms with Gasteiger partial charge >= 0.3 is 0 Å². The maximum absolute atomic E-state index is 12.7. The Kier molecular flexibility index (Phi) is 4.87. The molecule has 1 aliphatic heterocycles. The number of nitrogens with one attached hydrogen (secondary N) is 1. The molecule has 1 saturated heterocycles. The normalized spacial score (nSPS) is 15.7. The van der Waals surface area contributed by atoms with Crippen LogP contribution < -0.4 is 15.2 Å². The average Bonchev–Trinajstić information content (AvgIpc) is 2.90. The highest BCUT2D eigenvalue weighted by Crippen LogP contribution is 2.30. The van der Waals surface area contributed by atoms with Gasteiger partial charge in [-0.1, -0.05) is 18.2 Å². The van der Waals surface area contributed by atoms with Gasteiger partial charge in [-0.25, -0.2) is 5.01 Å². The molecule has 2 amide bonds. The molecule has 2 aromatic rings. The minimum atomic E-state index is -0.595. The van der Waals surface area contributed by atoms with Crippen LogP contribution >= 0.6 is 0 Å². The van der Waals surface area contributed by atoms with E-state index in [2.05, 4.69) is 5.43 Å². The van der Waals surface area contributed by atoms with Gasteiger partial charge in [-0.2, -0.15) is 0 Å². The number of rotatable bonds is 4. The Bertz CT molecular complexity index is 977. The fraction of sp³-hybridized carbons (Fsp3) is 0.200. The van der Waals surface area contributed by atoms with Gasteiger partial charge in [0.25, 0.3) is 17.5 Å².